The number of phenolic OH excluding ortho intramolecular Hbond substituents is 1. The zero-order valence-corrected chi connectivity index (χ0v) is 23.7. The van der Waals surface area contributed by atoms with E-state index in [1.54, 1.807) is 36.4 Å². The molecule has 0 radical (unpaired) electrons. The maximum absolute atomic E-state index is 13.1. The van der Waals surface area contributed by atoms with Crippen molar-refractivity contribution in [3.8, 4) is 34.1 Å². The number of aromatic hydroxyl groups is 1. The average molecular weight is 629 g/mol. The standard InChI is InChI=1S/C35H23F3O8/c36-35(37,38)46-28-16-12-24(13-17-28)23-6-8-25(9-7-23)32(40)44-29-18-19-31(45-33(41)26-10-14-27(39)15-11-26)30(20-29)34(42)43-21-22-4-2-1-3-5-22/h1-20,39H,21H2. The number of phenols is 1. The quantitative estimate of drug-likeness (QED) is 0.130. The Bertz CT molecular complexity index is 1840. The van der Waals surface area contributed by atoms with E-state index in [-0.39, 0.29) is 46.3 Å². The first kappa shape index (κ1) is 31.3. The molecule has 0 atom stereocenters. The molecule has 0 saturated heterocycles. The molecule has 0 bridgehead atoms. The minimum absolute atomic E-state index is 0.0366. The van der Waals surface area contributed by atoms with Crippen LogP contribution in [-0.4, -0.2) is 29.4 Å². The molecule has 0 aromatic heterocycles. The highest BCUT2D eigenvalue weighted by Gasteiger charge is 2.31. The Morgan fingerprint density at radius 3 is 1.76 bits per heavy atom. The van der Waals surface area contributed by atoms with Crippen molar-refractivity contribution in [2.24, 2.45) is 0 Å². The molecule has 46 heavy (non-hydrogen) atoms. The first-order chi connectivity index (χ1) is 22.0. The Balaban J connectivity index is 1.32. The normalized spacial score (nSPS) is 10.9. The lowest BCUT2D eigenvalue weighted by Crippen LogP contribution is -2.16. The fraction of sp³-hybridized carbons (Fsp3) is 0.0571. The molecule has 0 fully saturated rings. The predicted molar refractivity (Wildman–Crippen MR) is 159 cm³/mol. The summed E-state index contributed by atoms with van der Waals surface area (Å²) in [6.45, 7) is -0.0700. The van der Waals surface area contributed by atoms with Crippen molar-refractivity contribution >= 4 is 17.9 Å². The van der Waals surface area contributed by atoms with Crippen LogP contribution in [0.1, 0.15) is 36.6 Å². The molecule has 0 aliphatic rings. The Kier molecular flexibility index (Phi) is 9.32. The van der Waals surface area contributed by atoms with Crippen molar-refractivity contribution in [3.05, 3.63) is 144 Å². The van der Waals surface area contributed by atoms with Crippen molar-refractivity contribution < 1.29 is 51.6 Å². The zero-order chi connectivity index (χ0) is 32.7. The highest BCUT2D eigenvalue weighted by molar-refractivity contribution is 5.97. The largest absolute Gasteiger partial charge is 0.573 e. The zero-order valence-electron chi connectivity index (χ0n) is 23.7. The molecule has 0 unspecified atom stereocenters. The summed E-state index contributed by atoms with van der Waals surface area (Å²) in [6.07, 6.45) is -4.80. The smallest absolute Gasteiger partial charge is 0.508 e. The van der Waals surface area contributed by atoms with Crippen LogP contribution in [0.5, 0.6) is 23.0 Å². The summed E-state index contributed by atoms with van der Waals surface area (Å²) in [5.74, 6) is -3.00. The molecule has 8 nitrogen and oxygen atoms in total. The number of benzene rings is 5. The van der Waals surface area contributed by atoms with Crippen molar-refractivity contribution in [1.82, 2.24) is 0 Å². The molecule has 11 heteroatoms. The summed E-state index contributed by atoms with van der Waals surface area (Å²) in [6, 6.07) is 29.4. The molecular weight excluding hydrogens is 605 g/mol. The van der Waals surface area contributed by atoms with Crippen LogP contribution in [0.25, 0.3) is 11.1 Å². The van der Waals surface area contributed by atoms with Crippen molar-refractivity contribution in [2.45, 2.75) is 13.0 Å². The van der Waals surface area contributed by atoms with E-state index in [2.05, 4.69) is 4.74 Å². The van der Waals surface area contributed by atoms with E-state index in [1.165, 1.54) is 78.9 Å². The summed E-state index contributed by atoms with van der Waals surface area (Å²) >= 11 is 0. The number of rotatable bonds is 9. The van der Waals surface area contributed by atoms with Crippen LogP contribution >= 0.6 is 0 Å². The van der Waals surface area contributed by atoms with Gasteiger partial charge in [-0.2, -0.15) is 0 Å². The second kappa shape index (κ2) is 13.7. The number of carbonyl (C=O) groups is 3. The van der Waals surface area contributed by atoms with Gasteiger partial charge in [0, 0.05) is 0 Å². The number of hydrogen-bond acceptors (Lipinski definition) is 8. The van der Waals surface area contributed by atoms with Crippen molar-refractivity contribution in [3.63, 3.8) is 0 Å². The molecule has 5 rings (SSSR count). The van der Waals surface area contributed by atoms with Crippen LogP contribution in [0.3, 0.4) is 0 Å². The van der Waals surface area contributed by atoms with Gasteiger partial charge in [-0.1, -0.05) is 54.6 Å². The fourth-order valence-electron chi connectivity index (χ4n) is 4.19. The Morgan fingerprint density at radius 2 is 1.15 bits per heavy atom. The van der Waals surface area contributed by atoms with Crippen LogP contribution < -0.4 is 14.2 Å². The van der Waals surface area contributed by atoms with Gasteiger partial charge in [0.1, 0.15) is 35.2 Å². The Hall–Kier alpha value is -6.10. The van der Waals surface area contributed by atoms with Gasteiger partial charge in [-0.05, 0) is 83.4 Å². The van der Waals surface area contributed by atoms with E-state index in [4.69, 9.17) is 14.2 Å². The summed E-state index contributed by atoms with van der Waals surface area (Å²) in [7, 11) is 0. The predicted octanol–water partition coefficient (Wildman–Crippen LogP) is 7.75. The minimum atomic E-state index is -4.80. The SMILES string of the molecule is O=C(Oc1ccc(OC(=O)c2ccc(O)cc2)c(C(=O)OCc2ccccc2)c1)c1ccc(-c2ccc(OC(F)(F)F)cc2)cc1. The average Bonchev–Trinajstić information content (AvgIpc) is 3.05. The minimum Gasteiger partial charge on any atom is -0.508 e. The van der Waals surface area contributed by atoms with Gasteiger partial charge < -0.3 is 24.1 Å². The third kappa shape index (κ3) is 8.29. The molecular formula is C35H23F3O8. The third-order valence-electron chi connectivity index (χ3n) is 6.44. The van der Waals surface area contributed by atoms with Gasteiger partial charge in [0.15, 0.2) is 0 Å². The van der Waals surface area contributed by atoms with Crippen LogP contribution in [0.4, 0.5) is 13.2 Å². The number of esters is 3. The number of ether oxygens (including phenoxy) is 4. The third-order valence-corrected chi connectivity index (χ3v) is 6.44. The summed E-state index contributed by atoms with van der Waals surface area (Å²) in [5.41, 5.74) is 2.02. The van der Waals surface area contributed by atoms with Gasteiger partial charge in [-0.3, -0.25) is 0 Å². The second-order valence-corrected chi connectivity index (χ2v) is 9.70. The summed E-state index contributed by atoms with van der Waals surface area (Å²) in [5, 5.41) is 9.50. The first-order valence-electron chi connectivity index (χ1n) is 13.6. The van der Waals surface area contributed by atoms with E-state index in [1.807, 2.05) is 6.07 Å². The molecule has 5 aromatic carbocycles. The monoisotopic (exact) mass is 628 g/mol. The molecule has 0 aliphatic carbocycles. The van der Waals surface area contributed by atoms with Gasteiger partial charge in [-0.15, -0.1) is 13.2 Å². The molecule has 5 aromatic rings. The van der Waals surface area contributed by atoms with E-state index >= 15 is 0 Å². The number of alkyl halides is 3. The number of carbonyl (C=O) groups excluding carboxylic acids is 3. The number of hydrogen-bond donors (Lipinski definition) is 1. The van der Waals surface area contributed by atoms with E-state index in [0.717, 1.165) is 5.56 Å². The lowest BCUT2D eigenvalue weighted by molar-refractivity contribution is -0.274. The van der Waals surface area contributed by atoms with E-state index in [9.17, 15) is 32.7 Å². The van der Waals surface area contributed by atoms with Gasteiger partial charge in [0.05, 0.1) is 11.1 Å². The van der Waals surface area contributed by atoms with Crippen LogP contribution in [0.2, 0.25) is 0 Å². The van der Waals surface area contributed by atoms with Crippen LogP contribution in [-0.2, 0) is 11.3 Å². The fourth-order valence-corrected chi connectivity index (χ4v) is 4.19. The molecule has 0 saturated carbocycles. The van der Waals surface area contributed by atoms with Gasteiger partial charge in [-0.25, -0.2) is 14.4 Å². The highest BCUT2D eigenvalue weighted by atomic mass is 19.4. The first-order valence-corrected chi connectivity index (χ1v) is 13.6. The van der Waals surface area contributed by atoms with Gasteiger partial charge in [0.2, 0.25) is 0 Å². The molecule has 1 N–H and O–H groups in total. The van der Waals surface area contributed by atoms with Gasteiger partial charge >= 0.3 is 24.3 Å². The molecule has 0 aliphatic heterocycles. The summed E-state index contributed by atoms with van der Waals surface area (Å²) < 4.78 is 57.5. The molecule has 232 valence electrons. The lowest BCUT2D eigenvalue weighted by atomic mass is 10.0. The topological polar surface area (TPSA) is 108 Å². The van der Waals surface area contributed by atoms with E-state index < -0.39 is 24.3 Å². The number of halogens is 3. The van der Waals surface area contributed by atoms with Gasteiger partial charge in [0.25, 0.3) is 0 Å². The maximum atomic E-state index is 13.1. The van der Waals surface area contributed by atoms with Crippen molar-refractivity contribution in [1.29, 1.82) is 0 Å². The molecule has 0 heterocycles. The van der Waals surface area contributed by atoms with Crippen LogP contribution in [0.15, 0.2) is 121 Å². The van der Waals surface area contributed by atoms with Crippen LogP contribution in [0, 0.1) is 0 Å². The van der Waals surface area contributed by atoms with E-state index in [0.29, 0.717) is 11.1 Å². The summed E-state index contributed by atoms with van der Waals surface area (Å²) in [4.78, 5) is 38.8. The molecule has 0 amide bonds. The maximum Gasteiger partial charge on any atom is 0.573 e. The van der Waals surface area contributed by atoms with Crippen molar-refractivity contribution in [2.75, 3.05) is 0 Å². The Labute approximate surface area is 260 Å². The second-order valence-electron chi connectivity index (χ2n) is 9.70. The Morgan fingerprint density at radius 1 is 0.609 bits per heavy atom. The highest BCUT2D eigenvalue weighted by Crippen LogP contribution is 2.29. The lowest BCUT2D eigenvalue weighted by Gasteiger charge is -2.13. The molecule has 0 spiro atoms.